The van der Waals surface area contributed by atoms with E-state index >= 15 is 0 Å². The SMILES string of the molecule is O=C([O-])Cn1ccnc1CO.[K+]. The predicted octanol–water partition coefficient (Wildman–Crippen LogP) is -4.87. The molecule has 12 heavy (non-hydrogen) atoms. The van der Waals surface area contributed by atoms with Crippen molar-refractivity contribution in [3.63, 3.8) is 0 Å². The molecule has 0 bridgehead atoms. The minimum atomic E-state index is -1.20. The van der Waals surface area contributed by atoms with Crippen LogP contribution in [0.4, 0.5) is 0 Å². The molecule has 1 aromatic heterocycles. The quantitative estimate of drug-likeness (QED) is 0.489. The van der Waals surface area contributed by atoms with Crippen molar-refractivity contribution in [1.82, 2.24) is 9.55 Å². The molecule has 1 N–H and O–H groups in total. The minimum Gasteiger partial charge on any atom is -0.548 e. The Morgan fingerprint density at radius 2 is 2.42 bits per heavy atom. The fourth-order valence-electron chi connectivity index (χ4n) is 0.775. The fourth-order valence-corrected chi connectivity index (χ4v) is 0.775. The van der Waals surface area contributed by atoms with Gasteiger partial charge in [-0.1, -0.05) is 0 Å². The largest absolute Gasteiger partial charge is 1.00 e. The van der Waals surface area contributed by atoms with E-state index in [1.165, 1.54) is 17.0 Å². The molecule has 0 aliphatic carbocycles. The molecule has 0 amide bonds. The van der Waals surface area contributed by atoms with Gasteiger partial charge in [0.05, 0.1) is 12.5 Å². The third-order valence-electron chi connectivity index (χ3n) is 1.24. The summed E-state index contributed by atoms with van der Waals surface area (Å²) in [6.45, 7) is -0.532. The first-order valence-electron chi connectivity index (χ1n) is 3.04. The van der Waals surface area contributed by atoms with Crippen molar-refractivity contribution in [3.8, 4) is 0 Å². The molecule has 0 radical (unpaired) electrons. The van der Waals surface area contributed by atoms with Crippen LogP contribution in [-0.4, -0.2) is 20.6 Å². The number of rotatable bonds is 3. The van der Waals surface area contributed by atoms with Crippen molar-refractivity contribution >= 4 is 5.97 Å². The summed E-state index contributed by atoms with van der Waals surface area (Å²) in [4.78, 5) is 13.8. The zero-order valence-corrected chi connectivity index (χ0v) is 9.85. The van der Waals surface area contributed by atoms with E-state index < -0.39 is 5.97 Å². The average molecular weight is 194 g/mol. The van der Waals surface area contributed by atoms with Crippen molar-refractivity contribution in [2.24, 2.45) is 0 Å². The van der Waals surface area contributed by atoms with Crippen LogP contribution in [0.2, 0.25) is 0 Å². The van der Waals surface area contributed by atoms with Crippen molar-refractivity contribution in [1.29, 1.82) is 0 Å². The summed E-state index contributed by atoms with van der Waals surface area (Å²) in [6.07, 6.45) is 2.90. The maximum Gasteiger partial charge on any atom is 1.00 e. The molecule has 0 spiro atoms. The van der Waals surface area contributed by atoms with Crippen LogP contribution in [0.5, 0.6) is 0 Å². The summed E-state index contributed by atoms with van der Waals surface area (Å²) in [5, 5.41) is 18.7. The summed E-state index contributed by atoms with van der Waals surface area (Å²) in [5.74, 6) is -0.869. The van der Waals surface area contributed by atoms with Crippen molar-refractivity contribution < 1.29 is 66.4 Å². The smallest absolute Gasteiger partial charge is 0.548 e. The Labute approximate surface area is 112 Å². The number of hydrogen-bond acceptors (Lipinski definition) is 4. The number of carboxylic acids is 1. The molecule has 0 saturated carbocycles. The Morgan fingerprint density at radius 3 is 2.92 bits per heavy atom. The van der Waals surface area contributed by atoms with Crippen LogP contribution >= 0.6 is 0 Å². The molecule has 0 fully saturated rings. The molecule has 0 atom stereocenters. The first-order valence-corrected chi connectivity index (χ1v) is 3.04. The zero-order chi connectivity index (χ0) is 8.27. The van der Waals surface area contributed by atoms with E-state index in [-0.39, 0.29) is 64.5 Å². The van der Waals surface area contributed by atoms with Crippen LogP contribution in [0, 0.1) is 0 Å². The van der Waals surface area contributed by atoms with E-state index in [1.54, 1.807) is 0 Å². The minimum absolute atomic E-state index is 0. The molecule has 0 saturated heterocycles. The fraction of sp³-hybridized carbons (Fsp3) is 0.333. The van der Waals surface area contributed by atoms with Gasteiger partial charge in [-0.25, -0.2) is 4.98 Å². The van der Waals surface area contributed by atoms with Gasteiger partial charge in [0, 0.05) is 12.4 Å². The van der Waals surface area contributed by atoms with E-state index in [2.05, 4.69) is 4.98 Å². The maximum absolute atomic E-state index is 10.1. The monoisotopic (exact) mass is 194 g/mol. The van der Waals surface area contributed by atoms with Gasteiger partial charge < -0.3 is 19.6 Å². The number of aliphatic carboxylic acids is 1. The van der Waals surface area contributed by atoms with E-state index in [0.29, 0.717) is 5.82 Å². The number of carbonyl (C=O) groups excluding carboxylic acids is 1. The number of aliphatic hydroxyl groups is 1. The van der Waals surface area contributed by atoms with E-state index in [1.807, 2.05) is 0 Å². The molecular weight excluding hydrogens is 187 g/mol. The van der Waals surface area contributed by atoms with Gasteiger partial charge in [0.2, 0.25) is 0 Å². The van der Waals surface area contributed by atoms with Gasteiger partial charge >= 0.3 is 51.4 Å². The van der Waals surface area contributed by atoms with Gasteiger partial charge in [0.25, 0.3) is 0 Å². The third-order valence-corrected chi connectivity index (χ3v) is 1.24. The number of carbonyl (C=O) groups is 1. The first-order chi connectivity index (χ1) is 5.24. The number of imidazole rings is 1. The molecule has 1 aromatic rings. The molecule has 0 unspecified atom stereocenters. The van der Waals surface area contributed by atoms with E-state index in [0.717, 1.165) is 0 Å². The number of carboxylic acid groups (broad SMARTS) is 1. The Morgan fingerprint density at radius 1 is 1.75 bits per heavy atom. The van der Waals surface area contributed by atoms with Crippen LogP contribution in [0.1, 0.15) is 5.82 Å². The predicted molar refractivity (Wildman–Crippen MR) is 33.2 cm³/mol. The second-order valence-corrected chi connectivity index (χ2v) is 2.00. The molecule has 60 valence electrons. The van der Waals surface area contributed by atoms with Crippen LogP contribution < -0.4 is 56.5 Å². The normalized spacial score (nSPS) is 9.08. The molecule has 0 aliphatic rings. The molecule has 0 aliphatic heterocycles. The number of aromatic nitrogens is 2. The van der Waals surface area contributed by atoms with E-state index in [9.17, 15) is 9.90 Å². The molecule has 0 aromatic carbocycles. The van der Waals surface area contributed by atoms with Crippen LogP contribution in [0.25, 0.3) is 0 Å². The summed E-state index contributed by atoms with van der Waals surface area (Å²) in [6, 6.07) is 0. The van der Waals surface area contributed by atoms with Crippen molar-refractivity contribution in [2.75, 3.05) is 0 Å². The molecule has 5 nitrogen and oxygen atoms in total. The summed E-state index contributed by atoms with van der Waals surface area (Å²) >= 11 is 0. The molecular formula is C6H7KN2O3. The summed E-state index contributed by atoms with van der Waals surface area (Å²) in [5.41, 5.74) is 0. The molecule has 1 heterocycles. The number of nitrogens with zero attached hydrogens (tertiary/aromatic N) is 2. The van der Waals surface area contributed by atoms with Gasteiger partial charge in [-0.15, -0.1) is 0 Å². The van der Waals surface area contributed by atoms with Crippen molar-refractivity contribution in [2.45, 2.75) is 13.2 Å². The second-order valence-electron chi connectivity index (χ2n) is 2.00. The van der Waals surface area contributed by atoms with Gasteiger partial charge in [0.15, 0.2) is 0 Å². The Hall–Kier alpha value is 0.276. The number of hydrogen-bond donors (Lipinski definition) is 1. The summed E-state index contributed by atoms with van der Waals surface area (Å²) < 4.78 is 1.31. The van der Waals surface area contributed by atoms with Crippen LogP contribution in [-0.2, 0) is 17.9 Å². The summed E-state index contributed by atoms with van der Waals surface area (Å²) in [7, 11) is 0. The Balaban J connectivity index is 0.00000121. The van der Waals surface area contributed by atoms with E-state index in [4.69, 9.17) is 5.11 Å². The van der Waals surface area contributed by atoms with Gasteiger partial charge in [-0.05, 0) is 0 Å². The van der Waals surface area contributed by atoms with Gasteiger partial charge in [0.1, 0.15) is 12.4 Å². The molecule has 6 heteroatoms. The van der Waals surface area contributed by atoms with Gasteiger partial charge in [-0.2, -0.15) is 0 Å². The Kier molecular flexibility index (Phi) is 5.98. The Bertz CT molecular complexity index is 261. The second kappa shape index (κ2) is 5.84. The van der Waals surface area contributed by atoms with Crippen molar-refractivity contribution in [3.05, 3.63) is 18.2 Å². The number of aliphatic hydroxyl groups excluding tert-OH is 1. The van der Waals surface area contributed by atoms with Gasteiger partial charge in [-0.3, -0.25) is 0 Å². The van der Waals surface area contributed by atoms with Crippen LogP contribution in [0.15, 0.2) is 12.4 Å². The first kappa shape index (κ1) is 12.3. The maximum atomic E-state index is 10.1. The molecule has 1 rings (SSSR count). The average Bonchev–Trinajstić information content (AvgIpc) is 2.34. The van der Waals surface area contributed by atoms with Crippen LogP contribution in [0.3, 0.4) is 0 Å². The zero-order valence-electron chi connectivity index (χ0n) is 6.73. The third kappa shape index (κ3) is 3.34. The topological polar surface area (TPSA) is 78.2 Å². The standard InChI is InChI=1S/C6H8N2O3.K/c9-4-5-7-1-2-8(5)3-6(10)11;/h1-2,9H,3-4H2,(H,10,11);/q;+1/p-1.